The number of pyridine rings is 2. The summed E-state index contributed by atoms with van der Waals surface area (Å²) in [6.45, 7) is 4.51. The fraction of sp³-hybridized carbons (Fsp3) is 0.429. The monoisotopic (exact) mass is 407 g/mol. The predicted molar refractivity (Wildman–Crippen MR) is 115 cm³/mol. The Labute approximate surface area is 174 Å². The van der Waals surface area contributed by atoms with E-state index in [0.29, 0.717) is 25.5 Å². The molecular weight excluding hydrogens is 382 g/mol. The smallest absolute Gasteiger partial charge is 0.154 e. The van der Waals surface area contributed by atoms with Crippen LogP contribution in [0.15, 0.2) is 36.8 Å². The van der Waals surface area contributed by atoms with Crippen LogP contribution in [0.5, 0.6) is 0 Å². The van der Waals surface area contributed by atoms with Gasteiger partial charge in [-0.1, -0.05) is 0 Å². The molecule has 0 aliphatic carbocycles. The van der Waals surface area contributed by atoms with Gasteiger partial charge >= 0.3 is 0 Å². The average Bonchev–Trinajstić information content (AvgIpc) is 3.24. The van der Waals surface area contributed by atoms with Crippen LogP contribution in [0.3, 0.4) is 0 Å². The molecule has 3 aromatic heterocycles. The Morgan fingerprint density at radius 3 is 2.93 bits per heavy atom. The number of hydrogen-bond donors (Lipinski definition) is 3. The lowest BCUT2D eigenvalue weighted by Gasteiger charge is -2.24. The van der Waals surface area contributed by atoms with Gasteiger partial charge in [0.15, 0.2) is 5.82 Å². The molecule has 3 aromatic rings. The summed E-state index contributed by atoms with van der Waals surface area (Å²) in [5.74, 6) is 1.56. The summed E-state index contributed by atoms with van der Waals surface area (Å²) in [6.07, 6.45) is 5.78. The van der Waals surface area contributed by atoms with Gasteiger partial charge in [0.05, 0.1) is 30.0 Å². The molecule has 30 heavy (non-hydrogen) atoms. The number of anilines is 2. The van der Waals surface area contributed by atoms with Gasteiger partial charge in [-0.05, 0) is 24.6 Å². The number of rotatable bonds is 5. The number of aliphatic hydroxyl groups is 1. The molecule has 0 aromatic carbocycles. The first-order valence-corrected chi connectivity index (χ1v) is 10.3. The molecule has 0 amide bonds. The largest absolute Gasteiger partial charge is 0.391 e. The van der Waals surface area contributed by atoms with Crippen molar-refractivity contribution in [3.05, 3.63) is 36.8 Å². The van der Waals surface area contributed by atoms with Gasteiger partial charge in [0.25, 0.3) is 0 Å². The highest BCUT2D eigenvalue weighted by atomic mass is 16.5. The number of hydrogen-bond acceptors (Lipinski definition) is 9. The van der Waals surface area contributed by atoms with E-state index < -0.39 is 0 Å². The number of nitrogens with one attached hydrogen (secondary N) is 2. The molecule has 0 saturated carbocycles. The number of morpholine rings is 1. The molecule has 2 atom stereocenters. The SMILES string of the molecule is OC1CCN(c2ccc(-c3cc4nccnc4c(NC[C@@H]4CNCCO4)n3)cn2)C1. The summed E-state index contributed by atoms with van der Waals surface area (Å²) in [5.41, 5.74) is 3.21. The zero-order valence-electron chi connectivity index (χ0n) is 16.7. The average molecular weight is 407 g/mol. The third-order valence-electron chi connectivity index (χ3n) is 5.49. The molecule has 156 valence electrons. The number of nitrogens with zero attached hydrogens (tertiary/aromatic N) is 5. The minimum Gasteiger partial charge on any atom is -0.391 e. The van der Waals surface area contributed by atoms with Gasteiger partial charge in [0, 0.05) is 56.9 Å². The quantitative estimate of drug-likeness (QED) is 0.572. The van der Waals surface area contributed by atoms with E-state index in [1.165, 1.54) is 0 Å². The third-order valence-corrected chi connectivity index (χ3v) is 5.49. The van der Waals surface area contributed by atoms with Crippen molar-refractivity contribution in [1.29, 1.82) is 0 Å². The molecule has 0 radical (unpaired) electrons. The second-order valence-electron chi connectivity index (χ2n) is 7.65. The van der Waals surface area contributed by atoms with Gasteiger partial charge in [-0.2, -0.15) is 0 Å². The normalized spacial score (nSPS) is 21.8. The van der Waals surface area contributed by atoms with Crippen molar-refractivity contribution in [2.24, 2.45) is 0 Å². The summed E-state index contributed by atoms with van der Waals surface area (Å²) in [7, 11) is 0. The van der Waals surface area contributed by atoms with Crippen molar-refractivity contribution in [3.63, 3.8) is 0 Å². The lowest BCUT2D eigenvalue weighted by atomic mass is 10.1. The van der Waals surface area contributed by atoms with Gasteiger partial charge in [-0.15, -0.1) is 0 Å². The standard InChI is InChI=1S/C21H25N7O2/c29-15-3-7-28(13-15)19-2-1-14(10-25-19)17-9-18-20(24-5-4-23-18)21(27-17)26-12-16-11-22-6-8-30-16/h1-2,4-5,9-10,15-16,22,29H,3,6-8,11-13H2,(H,26,27)/t15?,16-/m0/s1. The molecule has 2 aliphatic rings. The first kappa shape index (κ1) is 19.1. The molecule has 5 rings (SSSR count). The number of aliphatic hydroxyl groups excluding tert-OH is 1. The van der Waals surface area contributed by atoms with Crippen molar-refractivity contribution >= 4 is 22.7 Å². The van der Waals surface area contributed by atoms with Gasteiger partial charge in [-0.3, -0.25) is 4.98 Å². The Bertz CT molecular complexity index is 1010. The molecule has 0 bridgehead atoms. The van der Waals surface area contributed by atoms with E-state index in [1.54, 1.807) is 12.4 Å². The van der Waals surface area contributed by atoms with Crippen LogP contribution in [-0.4, -0.2) is 76.6 Å². The Kier molecular flexibility index (Phi) is 5.39. The summed E-state index contributed by atoms with van der Waals surface area (Å²) in [4.78, 5) is 20.4. The number of aromatic nitrogens is 4. The van der Waals surface area contributed by atoms with E-state index in [9.17, 15) is 5.11 Å². The molecule has 3 N–H and O–H groups in total. The summed E-state index contributed by atoms with van der Waals surface area (Å²) < 4.78 is 5.77. The molecule has 9 nitrogen and oxygen atoms in total. The van der Waals surface area contributed by atoms with Crippen LogP contribution in [0.4, 0.5) is 11.6 Å². The minimum atomic E-state index is -0.274. The van der Waals surface area contributed by atoms with Gasteiger partial charge < -0.3 is 25.4 Å². The van der Waals surface area contributed by atoms with Crippen molar-refractivity contribution in [3.8, 4) is 11.3 Å². The van der Waals surface area contributed by atoms with Crippen LogP contribution in [-0.2, 0) is 4.74 Å². The van der Waals surface area contributed by atoms with Crippen LogP contribution >= 0.6 is 0 Å². The van der Waals surface area contributed by atoms with E-state index in [0.717, 1.165) is 54.2 Å². The molecule has 5 heterocycles. The lowest BCUT2D eigenvalue weighted by Crippen LogP contribution is -2.42. The molecule has 9 heteroatoms. The maximum atomic E-state index is 9.76. The third kappa shape index (κ3) is 4.04. The number of ether oxygens (including phenoxy) is 1. The minimum absolute atomic E-state index is 0.0905. The summed E-state index contributed by atoms with van der Waals surface area (Å²) >= 11 is 0. The van der Waals surface area contributed by atoms with Crippen LogP contribution in [0, 0.1) is 0 Å². The van der Waals surface area contributed by atoms with E-state index in [4.69, 9.17) is 9.72 Å². The maximum Gasteiger partial charge on any atom is 0.154 e. The van der Waals surface area contributed by atoms with Gasteiger partial charge in [-0.25, -0.2) is 15.0 Å². The fourth-order valence-corrected chi connectivity index (χ4v) is 3.88. The van der Waals surface area contributed by atoms with Crippen LogP contribution in [0.1, 0.15) is 6.42 Å². The molecule has 2 saturated heterocycles. The molecular formula is C21H25N7O2. The second-order valence-corrected chi connectivity index (χ2v) is 7.65. The Hall–Kier alpha value is -2.88. The zero-order chi connectivity index (χ0) is 20.3. The summed E-state index contributed by atoms with van der Waals surface area (Å²) in [5, 5.41) is 16.5. The number of fused-ring (bicyclic) bond motifs is 1. The first-order valence-electron chi connectivity index (χ1n) is 10.3. The van der Waals surface area contributed by atoms with Crippen LogP contribution in [0.25, 0.3) is 22.3 Å². The molecule has 2 aliphatic heterocycles. The van der Waals surface area contributed by atoms with Crippen LogP contribution < -0.4 is 15.5 Å². The predicted octanol–water partition coefficient (Wildman–Crippen LogP) is 1.06. The van der Waals surface area contributed by atoms with Crippen molar-refractivity contribution in [2.75, 3.05) is 49.5 Å². The van der Waals surface area contributed by atoms with E-state index in [1.807, 2.05) is 24.4 Å². The highest BCUT2D eigenvalue weighted by molar-refractivity contribution is 5.88. The second kappa shape index (κ2) is 8.47. The summed E-state index contributed by atoms with van der Waals surface area (Å²) in [6, 6.07) is 5.92. The van der Waals surface area contributed by atoms with Gasteiger partial charge in [0.1, 0.15) is 11.3 Å². The van der Waals surface area contributed by atoms with Crippen molar-refractivity contribution in [2.45, 2.75) is 18.6 Å². The van der Waals surface area contributed by atoms with E-state index in [-0.39, 0.29) is 12.2 Å². The fourth-order valence-electron chi connectivity index (χ4n) is 3.88. The highest BCUT2D eigenvalue weighted by Gasteiger charge is 2.21. The Morgan fingerprint density at radius 1 is 1.23 bits per heavy atom. The lowest BCUT2D eigenvalue weighted by molar-refractivity contribution is 0.0372. The van der Waals surface area contributed by atoms with Crippen molar-refractivity contribution in [1.82, 2.24) is 25.3 Å². The molecule has 0 spiro atoms. The highest BCUT2D eigenvalue weighted by Crippen LogP contribution is 2.27. The molecule has 1 unspecified atom stereocenters. The number of β-amino-alcohol motifs (C(OH)–C–C–N with tert-alkyl or cyclic N) is 1. The Morgan fingerprint density at radius 2 is 2.17 bits per heavy atom. The van der Waals surface area contributed by atoms with E-state index in [2.05, 4.69) is 30.5 Å². The molecule has 2 fully saturated rings. The maximum absolute atomic E-state index is 9.76. The van der Waals surface area contributed by atoms with Crippen LogP contribution in [0.2, 0.25) is 0 Å². The van der Waals surface area contributed by atoms with Crippen molar-refractivity contribution < 1.29 is 9.84 Å². The zero-order valence-corrected chi connectivity index (χ0v) is 16.7. The first-order chi connectivity index (χ1) is 14.8. The Balaban J connectivity index is 1.41. The topological polar surface area (TPSA) is 108 Å². The van der Waals surface area contributed by atoms with E-state index >= 15 is 0 Å². The van der Waals surface area contributed by atoms with Gasteiger partial charge in [0.2, 0.25) is 0 Å².